The van der Waals surface area contributed by atoms with Crippen LogP contribution in [0.4, 0.5) is 0 Å². The van der Waals surface area contributed by atoms with Crippen LogP contribution in [0.5, 0.6) is 0 Å². The van der Waals surface area contributed by atoms with E-state index in [0.717, 1.165) is 56.3 Å². The summed E-state index contributed by atoms with van der Waals surface area (Å²) in [7, 11) is 0. The minimum atomic E-state index is 1.03. The molecular weight excluding hydrogens is 1280 g/mol. The summed E-state index contributed by atoms with van der Waals surface area (Å²) in [6.07, 6.45) is 100. The minimum absolute atomic E-state index is 1.03. The number of hydrogen-bond donors (Lipinski definition) is 0. The number of allylic oxidation sites excluding steroid dienone is 2. The zero-order valence-corrected chi connectivity index (χ0v) is 71.7. The average Bonchev–Trinajstić information content (AvgIpc) is 1.60. The fourth-order valence-electron chi connectivity index (χ4n) is 16.1. The van der Waals surface area contributed by atoms with Crippen molar-refractivity contribution >= 4 is 11.4 Å². The van der Waals surface area contributed by atoms with E-state index in [0.29, 0.717) is 0 Å². The Morgan fingerprint density at radius 1 is 0.196 bits per heavy atom. The van der Waals surface area contributed by atoms with Gasteiger partial charge in [-0.1, -0.05) is 381 Å². The number of nitrogens with zero attached hydrogens (tertiary/aromatic N) is 2. The van der Waals surface area contributed by atoms with Gasteiger partial charge in [0.2, 0.25) is 11.4 Å². The summed E-state index contributed by atoms with van der Waals surface area (Å²) >= 11 is 2.00. The molecule has 0 bridgehead atoms. The van der Waals surface area contributed by atoms with Gasteiger partial charge in [-0.05, 0) is 124 Å². The molecule has 2 aromatic rings. The van der Waals surface area contributed by atoms with Gasteiger partial charge < -0.3 is 5.53 Å². The fourth-order valence-corrected chi connectivity index (χ4v) is 17.3. The molecule has 3 heteroatoms. The van der Waals surface area contributed by atoms with Crippen LogP contribution >= 0.6 is 0 Å². The predicted octanol–water partition coefficient (Wildman–Crippen LogP) is 36.0. The van der Waals surface area contributed by atoms with Crippen LogP contribution in [0.15, 0.2) is 47.5 Å². The summed E-state index contributed by atoms with van der Waals surface area (Å²) in [5, 5.41) is 2.84. The Kier molecular flexibility index (Phi) is 70.2. The van der Waals surface area contributed by atoms with Gasteiger partial charge in [0.05, 0.1) is 0 Å². The van der Waals surface area contributed by atoms with E-state index < -0.39 is 0 Å². The van der Waals surface area contributed by atoms with E-state index >= 15 is 0 Å². The van der Waals surface area contributed by atoms with Crippen molar-refractivity contribution in [1.82, 2.24) is 0 Å². The number of benzene rings is 2. The number of hydrogen-bond acceptors (Lipinski definition) is 0. The fraction of sp³-hybridized carbons (Fsp3) is 0.838. The van der Waals surface area contributed by atoms with Gasteiger partial charge in [0.25, 0.3) is 0 Å². The predicted molar refractivity (Wildman–Crippen MR) is 459 cm³/mol. The van der Waals surface area contributed by atoms with Crippen molar-refractivity contribution in [1.29, 1.82) is 0 Å². The first-order chi connectivity index (χ1) is 50.4. The van der Waals surface area contributed by atoms with Gasteiger partial charge in [-0.15, -0.1) is 0 Å². The van der Waals surface area contributed by atoms with Crippen molar-refractivity contribution in [3.8, 4) is 0 Å². The third kappa shape index (κ3) is 53.7. The van der Waals surface area contributed by atoms with Gasteiger partial charge in [-0.25, -0.2) is 4.70 Å². The number of rotatable bonds is 77. The van der Waals surface area contributed by atoms with Gasteiger partial charge in [0, 0.05) is 22.3 Å². The molecule has 1 heterocycles. The van der Waals surface area contributed by atoms with Gasteiger partial charge in [-0.3, -0.25) is 0 Å². The quantitative estimate of drug-likeness (QED) is 0.0358. The van der Waals surface area contributed by atoms with Crippen molar-refractivity contribution < 1.29 is 19.1 Å². The first-order valence-electron chi connectivity index (χ1n) is 47.1. The van der Waals surface area contributed by atoms with Crippen molar-refractivity contribution in [2.24, 2.45) is 0 Å². The van der Waals surface area contributed by atoms with Crippen molar-refractivity contribution in [3.05, 3.63) is 86.5 Å². The molecule has 0 aromatic heterocycles. The van der Waals surface area contributed by atoms with E-state index in [1.54, 1.807) is 4.70 Å². The molecule has 0 unspecified atom stereocenters. The normalized spacial score (nSPS) is 12.5. The van der Waals surface area contributed by atoms with Crippen molar-refractivity contribution in [2.45, 2.75) is 535 Å². The molecule has 0 fully saturated rings. The molecule has 0 N–H and O–H groups in total. The van der Waals surface area contributed by atoms with Crippen LogP contribution in [0.25, 0.3) is 16.9 Å². The summed E-state index contributed by atoms with van der Waals surface area (Å²) < 4.78 is 1.74. The molecule has 0 saturated heterocycles. The Balaban J connectivity index is 0.00000209. The van der Waals surface area contributed by atoms with Crippen LogP contribution < -0.4 is 0 Å². The molecule has 0 aliphatic carbocycles. The molecule has 0 atom stereocenters. The van der Waals surface area contributed by atoms with E-state index in [2.05, 4.69) is 91.8 Å². The second-order valence-corrected chi connectivity index (χ2v) is 34.4. The van der Waals surface area contributed by atoms with Gasteiger partial charge in [0.1, 0.15) is 0 Å². The molecule has 3 rings (SSSR count). The molecule has 0 amide bonds. The van der Waals surface area contributed by atoms with Crippen LogP contribution in [0, 0.1) is 0 Å². The first-order valence-corrected chi connectivity index (χ1v) is 48.5. The Hall–Kier alpha value is -1.99. The van der Waals surface area contributed by atoms with Gasteiger partial charge in [-0.2, -0.15) is 0 Å². The second-order valence-electron chi connectivity index (χ2n) is 32.9. The molecule has 596 valence electrons. The summed E-state index contributed by atoms with van der Waals surface area (Å²) in [6, 6.07) is 15.2. The van der Waals surface area contributed by atoms with E-state index in [-0.39, 0.29) is 0 Å². The van der Waals surface area contributed by atoms with Crippen LogP contribution in [-0.4, -0.2) is 4.70 Å². The zero-order chi connectivity index (χ0) is 73.3. The number of unbranched alkanes of at least 4 members (excludes halogenated alkanes) is 59. The standard InChI is InChI=1S/C85H150N2.2C7H15.Ni/c1-7-13-19-23-25-27-29-31-33-35-37-39-41-43-45-47-49-51-53-55-57-62-66-78-71-79(67-63-58-56-54-52-50-48-46-44-42-40-38-36-34-32-30-28-26-24-20-14-8-2)75-80(74-78)84-82(68-18-12-6)83(69-59-17-11-5)85(87(84)86)81-72-76(64-60-21-15-9-3)70-77(73-81)65-61-22-16-10-4;2*1-3-5-7-6-4-2;/h70-75H,7-69H2,1-6H3;2*1,3-7H2,2H3;. The Morgan fingerprint density at radius 3 is 0.588 bits per heavy atom. The van der Waals surface area contributed by atoms with Crippen molar-refractivity contribution in [2.75, 3.05) is 0 Å². The number of aryl methyl sites for hydroxylation is 4. The third-order valence-electron chi connectivity index (χ3n) is 22.8. The van der Waals surface area contributed by atoms with Crippen LogP contribution in [0.3, 0.4) is 0 Å². The Bertz CT molecular complexity index is 2090. The topological polar surface area (TPSA) is 25.3 Å². The summed E-state index contributed by atoms with van der Waals surface area (Å²) in [4.78, 5) is 0. The molecule has 102 heavy (non-hydrogen) atoms. The van der Waals surface area contributed by atoms with E-state index in [4.69, 9.17) is 0 Å². The van der Waals surface area contributed by atoms with Crippen LogP contribution in [0.1, 0.15) is 532 Å². The molecular formula is C99H180N2Ni. The van der Waals surface area contributed by atoms with Crippen LogP contribution in [0.2, 0.25) is 10.8 Å². The molecule has 0 spiro atoms. The van der Waals surface area contributed by atoms with Gasteiger partial charge >= 0.3 is 103 Å². The Morgan fingerprint density at radius 2 is 0.363 bits per heavy atom. The first kappa shape index (κ1) is 96.1. The average molecular weight is 1460 g/mol. The summed E-state index contributed by atoms with van der Waals surface area (Å²) in [5.41, 5.74) is 26.6. The van der Waals surface area contributed by atoms with E-state index in [1.807, 2.05) is 14.4 Å². The summed E-state index contributed by atoms with van der Waals surface area (Å²) in [6.45, 7) is 18.5. The maximum atomic E-state index is 13.0. The molecule has 2 nitrogen and oxygen atoms in total. The van der Waals surface area contributed by atoms with E-state index in [1.165, 1.54) is 479 Å². The maximum absolute atomic E-state index is 13.0. The Labute approximate surface area is 647 Å². The van der Waals surface area contributed by atoms with Crippen LogP contribution in [-0.2, 0) is 40.1 Å². The van der Waals surface area contributed by atoms with Crippen molar-refractivity contribution in [3.63, 3.8) is 0 Å². The molecule has 2 aromatic carbocycles. The summed E-state index contributed by atoms with van der Waals surface area (Å²) in [5.74, 6) is 0. The second kappa shape index (κ2) is 74.5. The monoisotopic (exact) mass is 1460 g/mol. The SMILES string of the molecule is CCCCCCCCCCCCCCCCCCCCCCCCc1cc(CCCCCCCCCCCCCCCCCCCCCCCC)cc(C2=C(CCCC)C(CCCCC)=C(c3cc(CCCCCC)cc(CCCCCC)c3)[N+]2=[N-])c1.CCCCCC[CH2][Ni][CH2]CCCCCC. The van der Waals surface area contributed by atoms with E-state index in [9.17, 15) is 5.53 Å². The third-order valence-corrected chi connectivity index (χ3v) is 24.1. The molecule has 1 aliphatic heterocycles. The molecule has 0 radical (unpaired) electrons. The zero-order valence-electron chi connectivity index (χ0n) is 70.7. The molecule has 1 aliphatic rings. The molecule has 0 saturated carbocycles. The van der Waals surface area contributed by atoms with Gasteiger partial charge in [0.15, 0.2) is 0 Å².